The fraction of sp³-hybridized carbons (Fsp3) is 0.0833. The standard InChI is InChI=1S/C24H15ClFN3O4S2/c25-15-7-5-14(6-8-15)20(30)18-19(17-2-1-11-33-17)29(22(32)21(18)31)23-27-28-24(35-23)34-12-13-3-9-16(26)10-4-13/h1-11,19,30H,12H2/b20-18-. The van der Waals surface area contributed by atoms with Gasteiger partial charge in [0.2, 0.25) is 5.13 Å². The SMILES string of the molecule is O=C1C(=O)N(c2nnc(SCc3ccc(F)cc3)s2)C(c2ccco2)/C1=C(/O)c1ccc(Cl)cc1. The summed E-state index contributed by atoms with van der Waals surface area (Å²) in [5.41, 5.74) is 1.10. The molecule has 5 rings (SSSR count). The van der Waals surface area contributed by atoms with E-state index in [1.54, 1.807) is 48.5 Å². The maximum Gasteiger partial charge on any atom is 0.302 e. The van der Waals surface area contributed by atoms with Crippen LogP contribution in [0.15, 0.2) is 81.3 Å². The zero-order valence-electron chi connectivity index (χ0n) is 17.7. The second kappa shape index (κ2) is 9.65. The minimum absolute atomic E-state index is 0.122. The van der Waals surface area contributed by atoms with Crippen molar-refractivity contribution >= 4 is 57.3 Å². The van der Waals surface area contributed by atoms with Crippen molar-refractivity contribution < 1.29 is 23.5 Å². The largest absolute Gasteiger partial charge is 0.507 e. The van der Waals surface area contributed by atoms with Crippen molar-refractivity contribution in [3.8, 4) is 0 Å². The molecule has 0 radical (unpaired) electrons. The first-order valence-electron chi connectivity index (χ1n) is 10.2. The molecular weight excluding hydrogens is 513 g/mol. The number of carbonyl (C=O) groups is 2. The highest BCUT2D eigenvalue weighted by Crippen LogP contribution is 2.44. The van der Waals surface area contributed by atoms with E-state index in [4.69, 9.17) is 16.0 Å². The first-order chi connectivity index (χ1) is 16.9. The zero-order chi connectivity index (χ0) is 24.5. The molecule has 2 aromatic carbocycles. The van der Waals surface area contributed by atoms with Crippen molar-refractivity contribution in [2.45, 2.75) is 16.1 Å². The maximum atomic E-state index is 13.1. The number of nitrogens with zero attached hydrogens (tertiary/aromatic N) is 3. The van der Waals surface area contributed by atoms with Gasteiger partial charge in [-0.1, -0.05) is 46.8 Å². The number of furan rings is 1. The van der Waals surface area contributed by atoms with Crippen LogP contribution in [0, 0.1) is 5.82 Å². The van der Waals surface area contributed by atoms with Crippen LogP contribution < -0.4 is 4.90 Å². The average molecular weight is 528 g/mol. The van der Waals surface area contributed by atoms with Gasteiger partial charge in [-0.3, -0.25) is 14.5 Å². The van der Waals surface area contributed by atoms with Crippen LogP contribution in [0.4, 0.5) is 9.52 Å². The van der Waals surface area contributed by atoms with Gasteiger partial charge < -0.3 is 9.52 Å². The first-order valence-corrected chi connectivity index (χ1v) is 12.4. The number of aromatic nitrogens is 2. The number of hydrogen-bond acceptors (Lipinski definition) is 8. The number of ketones is 1. The van der Waals surface area contributed by atoms with Crippen LogP contribution in [0.5, 0.6) is 0 Å². The molecule has 0 saturated carbocycles. The molecule has 1 amide bonds. The van der Waals surface area contributed by atoms with Crippen molar-refractivity contribution in [2.75, 3.05) is 4.90 Å². The second-order valence-corrected chi connectivity index (χ2v) is 10.1. The number of anilines is 1. The number of benzene rings is 2. The third-order valence-electron chi connectivity index (χ3n) is 5.25. The van der Waals surface area contributed by atoms with E-state index in [-0.39, 0.29) is 28.0 Å². The zero-order valence-corrected chi connectivity index (χ0v) is 20.1. The van der Waals surface area contributed by atoms with Gasteiger partial charge in [-0.05, 0) is 54.1 Å². The number of halogens is 2. The summed E-state index contributed by atoms with van der Waals surface area (Å²) in [6, 6.07) is 14.6. The lowest BCUT2D eigenvalue weighted by atomic mass is 9.99. The third-order valence-corrected chi connectivity index (χ3v) is 7.63. The summed E-state index contributed by atoms with van der Waals surface area (Å²) in [6.07, 6.45) is 1.42. The summed E-state index contributed by atoms with van der Waals surface area (Å²) in [7, 11) is 0. The number of hydrogen-bond donors (Lipinski definition) is 1. The Morgan fingerprint density at radius 3 is 2.54 bits per heavy atom. The Morgan fingerprint density at radius 2 is 1.86 bits per heavy atom. The van der Waals surface area contributed by atoms with Gasteiger partial charge in [0.25, 0.3) is 5.78 Å². The normalized spacial score (nSPS) is 17.3. The molecule has 1 saturated heterocycles. The number of rotatable bonds is 6. The molecule has 2 aromatic heterocycles. The number of thioether (sulfide) groups is 1. The van der Waals surface area contributed by atoms with Crippen molar-refractivity contribution in [3.63, 3.8) is 0 Å². The molecule has 11 heteroatoms. The number of aliphatic hydroxyl groups is 1. The molecule has 0 spiro atoms. The highest BCUT2D eigenvalue weighted by molar-refractivity contribution is 8.00. The molecule has 4 aromatic rings. The van der Waals surface area contributed by atoms with Gasteiger partial charge in [-0.2, -0.15) is 0 Å². The number of aliphatic hydroxyl groups excluding tert-OH is 1. The lowest BCUT2D eigenvalue weighted by Crippen LogP contribution is -2.29. The second-order valence-electron chi connectivity index (χ2n) is 7.46. The molecule has 3 heterocycles. The van der Waals surface area contributed by atoms with Crippen molar-refractivity contribution in [1.29, 1.82) is 0 Å². The molecule has 0 aliphatic carbocycles. The van der Waals surface area contributed by atoms with Gasteiger partial charge in [0.15, 0.2) is 4.34 Å². The fourth-order valence-electron chi connectivity index (χ4n) is 3.59. The van der Waals surface area contributed by atoms with Gasteiger partial charge in [-0.15, -0.1) is 10.2 Å². The summed E-state index contributed by atoms with van der Waals surface area (Å²) in [5.74, 6) is -1.58. The molecule has 1 aliphatic rings. The van der Waals surface area contributed by atoms with E-state index in [1.807, 2.05) is 0 Å². The monoisotopic (exact) mass is 527 g/mol. The van der Waals surface area contributed by atoms with E-state index < -0.39 is 17.7 Å². The van der Waals surface area contributed by atoms with Crippen LogP contribution in [0.25, 0.3) is 5.76 Å². The van der Waals surface area contributed by atoms with Gasteiger partial charge in [-0.25, -0.2) is 4.39 Å². The highest BCUT2D eigenvalue weighted by atomic mass is 35.5. The Bertz CT molecular complexity index is 1420. The van der Waals surface area contributed by atoms with E-state index in [0.29, 0.717) is 20.7 Å². The van der Waals surface area contributed by atoms with Gasteiger partial charge >= 0.3 is 5.91 Å². The van der Waals surface area contributed by atoms with Crippen LogP contribution in [0.2, 0.25) is 5.02 Å². The smallest absolute Gasteiger partial charge is 0.302 e. The molecule has 1 aliphatic heterocycles. The first kappa shape index (κ1) is 23.3. The molecule has 0 bridgehead atoms. The predicted molar refractivity (Wildman–Crippen MR) is 131 cm³/mol. The van der Waals surface area contributed by atoms with E-state index in [2.05, 4.69) is 10.2 Å². The molecule has 1 atom stereocenters. The topological polar surface area (TPSA) is 96.5 Å². The molecule has 7 nitrogen and oxygen atoms in total. The van der Waals surface area contributed by atoms with E-state index >= 15 is 0 Å². The van der Waals surface area contributed by atoms with Gasteiger partial charge in [0.05, 0.1) is 11.8 Å². The summed E-state index contributed by atoms with van der Waals surface area (Å²) in [4.78, 5) is 27.3. The molecule has 1 fully saturated rings. The Balaban J connectivity index is 1.49. The predicted octanol–water partition coefficient (Wildman–Crippen LogP) is 5.84. The molecule has 1 N–H and O–H groups in total. The minimum atomic E-state index is -1.02. The van der Waals surface area contributed by atoms with Crippen molar-refractivity contribution in [3.05, 3.63) is 100 Å². The highest BCUT2D eigenvalue weighted by Gasteiger charge is 2.49. The Kier molecular flexibility index (Phi) is 6.42. The molecule has 35 heavy (non-hydrogen) atoms. The van der Waals surface area contributed by atoms with E-state index in [0.717, 1.165) is 16.9 Å². The van der Waals surface area contributed by atoms with Crippen LogP contribution in [-0.2, 0) is 15.3 Å². The lowest BCUT2D eigenvalue weighted by molar-refractivity contribution is -0.132. The van der Waals surface area contributed by atoms with Crippen LogP contribution in [0.3, 0.4) is 0 Å². The van der Waals surface area contributed by atoms with Crippen LogP contribution >= 0.6 is 34.7 Å². The maximum absolute atomic E-state index is 13.1. The molecular formula is C24H15ClFN3O4S2. The summed E-state index contributed by atoms with van der Waals surface area (Å²) in [6.45, 7) is 0. The van der Waals surface area contributed by atoms with E-state index in [1.165, 1.54) is 35.1 Å². The third kappa shape index (κ3) is 4.60. The van der Waals surface area contributed by atoms with Crippen LogP contribution in [0.1, 0.15) is 22.9 Å². The summed E-state index contributed by atoms with van der Waals surface area (Å²) >= 11 is 8.43. The number of carbonyl (C=O) groups excluding carboxylic acids is 2. The van der Waals surface area contributed by atoms with Gasteiger partial charge in [0, 0.05) is 16.3 Å². The van der Waals surface area contributed by atoms with Crippen molar-refractivity contribution in [1.82, 2.24) is 10.2 Å². The fourth-order valence-corrected chi connectivity index (χ4v) is 5.54. The van der Waals surface area contributed by atoms with E-state index in [9.17, 15) is 19.1 Å². The Morgan fingerprint density at radius 1 is 1.11 bits per heavy atom. The number of Topliss-reactive ketones (excluding diaryl/α,β-unsaturated/α-hetero) is 1. The van der Waals surface area contributed by atoms with Crippen molar-refractivity contribution in [2.24, 2.45) is 0 Å². The number of amides is 1. The summed E-state index contributed by atoms with van der Waals surface area (Å²) in [5, 5.41) is 19.9. The average Bonchev–Trinajstić information content (AvgIpc) is 3.60. The Hall–Kier alpha value is -3.47. The van der Waals surface area contributed by atoms with Gasteiger partial charge in [0.1, 0.15) is 23.4 Å². The quantitative estimate of drug-likeness (QED) is 0.111. The molecule has 1 unspecified atom stereocenters. The summed E-state index contributed by atoms with van der Waals surface area (Å²) < 4.78 is 19.2. The van der Waals surface area contributed by atoms with Crippen LogP contribution in [-0.4, -0.2) is 27.0 Å². The minimum Gasteiger partial charge on any atom is -0.507 e. The Labute approximate surface area is 211 Å². The lowest BCUT2D eigenvalue weighted by Gasteiger charge is -2.20. The molecule has 176 valence electrons.